The van der Waals surface area contributed by atoms with Gasteiger partial charge < -0.3 is 14.6 Å². The van der Waals surface area contributed by atoms with Gasteiger partial charge in [-0.15, -0.1) is 0 Å². The fourth-order valence-corrected chi connectivity index (χ4v) is 3.16. The van der Waals surface area contributed by atoms with Crippen LogP contribution in [-0.4, -0.2) is 36.5 Å². The molecule has 0 spiro atoms. The summed E-state index contributed by atoms with van der Waals surface area (Å²) in [6.07, 6.45) is 1.02. The number of likely N-dealkylation sites (tertiary alicyclic amines) is 1. The van der Waals surface area contributed by atoms with Crippen molar-refractivity contribution in [3.63, 3.8) is 0 Å². The van der Waals surface area contributed by atoms with E-state index in [2.05, 4.69) is 19.2 Å². The molecule has 0 aromatic carbocycles. The van der Waals surface area contributed by atoms with Crippen LogP contribution >= 0.6 is 0 Å². The second kappa shape index (κ2) is 6.00. The van der Waals surface area contributed by atoms with Crippen LogP contribution in [-0.2, 0) is 0 Å². The molecule has 0 saturated carbocycles. The van der Waals surface area contributed by atoms with Gasteiger partial charge in [0.2, 0.25) is 0 Å². The van der Waals surface area contributed by atoms with E-state index in [-0.39, 0.29) is 5.91 Å². The summed E-state index contributed by atoms with van der Waals surface area (Å²) in [7, 11) is 0. The zero-order valence-electron chi connectivity index (χ0n) is 13.2. The van der Waals surface area contributed by atoms with Crippen LogP contribution in [0.15, 0.2) is 4.42 Å². The first-order chi connectivity index (χ1) is 9.45. The molecule has 0 aliphatic carbocycles. The molecule has 2 unspecified atom stereocenters. The molecule has 1 fully saturated rings. The van der Waals surface area contributed by atoms with Gasteiger partial charge in [-0.2, -0.15) is 0 Å². The molecule has 1 saturated heterocycles. The third-order valence-corrected chi connectivity index (χ3v) is 4.43. The van der Waals surface area contributed by atoms with Crippen LogP contribution in [0, 0.1) is 26.7 Å². The number of furan rings is 1. The quantitative estimate of drug-likeness (QED) is 0.924. The average molecular weight is 278 g/mol. The Hall–Kier alpha value is -1.29. The number of amides is 1. The van der Waals surface area contributed by atoms with Gasteiger partial charge >= 0.3 is 0 Å². The molecule has 20 heavy (non-hydrogen) atoms. The van der Waals surface area contributed by atoms with Crippen LogP contribution in [0.2, 0.25) is 0 Å². The van der Waals surface area contributed by atoms with Gasteiger partial charge in [0, 0.05) is 24.7 Å². The van der Waals surface area contributed by atoms with E-state index in [0.717, 1.165) is 48.7 Å². The molecule has 1 N–H and O–H groups in total. The molecular weight excluding hydrogens is 252 g/mol. The van der Waals surface area contributed by atoms with Crippen molar-refractivity contribution in [2.24, 2.45) is 5.92 Å². The number of piperidine rings is 1. The Morgan fingerprint density at radius 3 is 2.55 bits per heavy atom. The Morgan fingerprint density at radius 1 is 1.35 bits per heavy atom. The van der Waals surface area contributed by atoms with Gasteiger partial charge in [-0.25, -0.2) is 0 Å². The molecule has 1 amide bonds. The Labute approximate surface area is 121 Å². The minimum Gasteiger partial charge on any atom is -0.466 e. The molecule has 1 aromatic rings. The molecular formula is C16H26N2O2. The maximum absolute atomic E-state index is 12.7. The summed E-state index contributed by atoms with van der Waals surface area (Å²) < 4.78 is 5.58. The second-order valence-corrected chi connectivity index (χ2v) is 5.90. The summed E-state index contributed by atoms with van der Waals surface area (Å²) in [5, 5.41) is 3.50. The van der Waals surface area contributed by atoms with Crippen LogP contribution in [0.4, 0.5) is 0 Å². The van der Waals surface area contributed by atoms with Gasteiger partial charge in [-0.3, -0.25) is 4.79 Å². The van der Waals surface area contributed by atoms with Gasteiger partial charge in [-0.05, 0) is 39.7 Å². The predicted molar refractivity (Wildman–Crippen MR) is 80.1 cm³/mol. The number of nitrogens with zero attached hydrogens (tertiary/aromatic N) is 1. The molecule has 1 aliphatic heterocycles. The fourth-order valence-electron chi connectivity index (χ4n) is 3.16. The number of hydrogen-bond acceptors (Lipinski definition) is 3. The number of aryl methyl sites for hydroxylation is 2. The van der Waals surface area contributed by atoms with E-state index >= 15 is 0 Å². The molecule has 0 radical (unpaired) electrons. The summed E-state index contributed by atoms with van der Waals surface area (Å²) in [5.74, 6) is 2.20. The van der Waals surface area contributed by atoms with Crippen LogP contribution in [0.1, 0.15) is 47.7 Å². The lowest BCUT2D eigenvalue weighted by molar-refractivity contribution is 0.0644. The first-order valence-electron chi connectivity index (χ1n) is 7.54. The summed E-state index contributed by atoms with van der Waals surface area (Å²) >= 11 is 0. The molecule has 0 bridgehead atoms. The summed E-state index contributed by atoms with van der Waals surface area (Å²) in [6.45, 7) is 12.7. The third-order valence-electron chi connectivity index (χ3n) is 4.43. The second-order valence-electron chi connectivity index (χ2n) is 5.90. The lowest BCUT2D eigenvalue weighted by Crippen LogP contribution is -2.50. The highest BCUT2D eigenvalue weighted by Gasteiger charge is 2.31. The largest absolute Gasteiger partial charge is 0.466 e. The molecule has 4 nitrogen and oxygen atoms in total. The van der Waals surface area contributed by atoms with Crippen molar-refractivity contribution in [3.05, 3.63) is 22.6 Å². The Morgan fingerprint density at radius 2 is 2.05 bits per heavy atom. The summed E-state index contributed by atoms with van der Waals surface area (Å²) in [6, 6.07) is 0.525. The van der Waals surface area contributed by atoms with Crippen molar-refractivity contribution in [3.8, 4) is 0 Å². The Kier molecular flexibility index (Phi) is 4.53. The zero-order chi connectivity index (χ0) is 14.9. The van der Waals surface area contributed by atoms with E-state index in [1.54, 1.807) is 0 Å². The number of carbonyl (C=O) groups excluding carboxylic acids is 1. The number of rotatable bonds is 3. The predicted octanol–water partition coefficient (Wildman–Crippen LogP) is 2.66. The van der Waals surface area contributed by atoms with Crippen molar-refractivity contribution in [2.45, 2.75) is 47.1 Å². The zero-order valence-corrected chi connectivity index (χ0v) is 13.2. The van der Waals surface area contributed by atoms with Crippen molar-refractivity contribution in [2.75, 3.05) is 19.6 Å². The highest BCUT2D eigenvalue weighted by Crippen LogP contribution is 2.25. The molecule has 2 heterocycles. The minimum atomic E-state index is 0.124. The Bertz CT molecular complexity index is 493. The SMILES string of the molecule is CCNC1CCN(C(=O)c2c(C)oc(C)c2C)CC1C. The maximum atomic E-state index is 12.7. The van der Waals surface area contributed by atoms with Crippen molar-refractivity contribution in [1.82, 2.24) is 10.2 Å². The Balaban J connectivity index is 2.11. The first-order valence-corrected chi connectivity index (χ1v) is 7.54. The van der Waals surface area contributed by atoms with Crippen LogP contribution in [0.25, 0.3) is 0 Å². The van der Waals surface area contributed by atoms with Gasteiger partial charge in [0.1, 0.15) is 11.5 Å². The smallest absolute Gasteiger partial charge is 0.257 e. The topological polar surface area (TPSA) is 45.5 Å². The number of hydrogen-bond donors (Lipinski definition) is 1. The van der Waals surface area contributed by atoms with Gasteiger partial charge in [0.15, 0.2) is 0 Å². The van der Waals surface area contributed by atoms with Crippen molar-refractivity contribution < 1.29 is 9.21 Å². The lowest BCUT2D eigenvalue weighted by Gasteiger charge is -2.37. The van der Waals surface area contributed by atoms with Gasteiger partial charge in [0.05, 0.1) is 5.56 Å². The van der Waals surface area contributed by atoms with E-state index in [0.29, 0.717) is 12.0 Å². The molecule has 1 aliphatic rings. The molecule has 4 heteroatoms. The van der Waals surface area contributed by atoms with E-state index in [1.807, 2.05) is 25.7 Å². The van der Waals surface area contributed by atoms with Crippen LogP contribution in [0.3, 0.4) is 0 Å². The fraction of sp³-hybridized carbons (Fsp3) is 0.688. The van der Waals surface area contributed by atoms with Crippen LogP contribution in [0.5, 0.6) is 0 Å². The van der Waals surface area contributed by atoms with E-state index in [9.17, 15) is 4.79 Å². The summed E-state index contributed by atoms with van der Waals surface area (Å²) in [5.41, 5.74) is 1.74. The molecule has 2 atom stereocenters. The van der Waals surface area contributed by atoms with Crippen LogP contribution < -0.4 is 5.32 Å². The highest BCUT2D eigenvalue weighted by molar-refractivity contribution is 5.97. The molecule has 1 aromatic heterocycles. The first kappa shape index (κ1) is 15.1. The van der Waals surface area contributed by atoms with E-state index in [4.69, 9.17) is 4.42 Å². The van der Waals surface area contributed by atoms with Crippen molar-refractivity contribution in [1.29, 1.82) is 0 Å². The average Bonchev–Trinajstić information content (AvgIpc) is 2.65. The standard InChI is InChI=1S/C16H26N2O2/c1-6-17-14-7-8-18(9-10(14)2)16(19)15-11(3)12(4)20-13(15)5/h10,14,17H,6-9H2,1-5H3. The van der Waals surface area contributed by atoms with Crippen molar-refractivity contribution >= 4 is 5.91 Å². The van der Waals surface area contributed by atoms with Gasteiger partial charge in [-0.1, -0.05) is 13.8 Å². The maximum Gasteiger partial charge on any atom is 0.257 e. The number of nitrogens with one attached hydrogen (secondary N) is 1. The van der Waals surface area contributed by atoms with E-state index in [1.165, 1.54) is 0 Å². The molecule has 112 valence electrons. The number of carbonyl (C=O) groups is 1. The third kappa shape index (κ3) is 2.75. The highest BCUT2D eigenvalue weighted by atomic mass is 16.3. The van der Waals surface area contributed by atoms with E-state index < -0.39 is 0 Å². The normalized spacial score (nSPS) is 23.1. The monoisotopic (exact) mass is 278 g/mol. The lowest BCUT2D eigenvalue weighted by atomic mass is 9.93. The summed E-state index contributed by atoms with van der Waals surface area (Å²) in [4.78, 5) is 14.7. The molecule has 2 rings (SSSR count). The minimum absolute atomic E-state index is 0.124. The van der Waals surface area contributed by atoms with Gasteiger partial charge in [0.25, 0.3) is 5.91 Å².